The van der Waals surface area contributed by atoms with Crippen molar-refractivity contribution in [2.75, 3.05) is 24.6 Å². The highest BCUT2D eigenvalue weighted by atomic mass is 16.4. The maximum Gasteiger partial charge on any atom is 0.337 e. The van der Waals surface area contributed by atoms with Crippen molar-refractivity contribution in [3.63, 3.8) is 0 Å². The molecule has 2 rings (SSSR count). The summed E-state index contributed by atoms with van der Waals surface area (Å²) >= 11 is 0. The van der Waals surface area contributed by atoms with E-state index in [1.165, 1.54) is 12.1 Å². The first-order chi connectivity index (χ1) is 8.49. The van der Waals surface area contributed by atoms with Gasteiger partial charge in [0.15, 0.2) is 0 Å². The second-order valence-electron chi connectivity index (χ2n) is 4.35. The molecule has 6 nitrogen and oxygen atoms in total. The van der Waals surface area contributed by atoms with Gasteiger partial charge < -0.3 is 21.1 Å². The van der Waals surface area contributed by atoms with Gasteiger partial charge in [-0.1, -0.05) is 0 Å². The molecule has 0 radical (unpaired) electrons. The molecule has 4 N–H and O–H groups in total. The van der Waals surface area contributed by atoms with E-state index in [9.17, 15) is 9.59 Å². The summed E-state index contributed by atoms with van der Waals surface area (Å²) in [4.78, 5) is 24.2. The lowest BCUT2D eigenvalue weighted by Gasteiger charge is -2.14. The van der Waals surface area contributed by atoms with E-state index in [4.69, 9.17) is 10.8 Å². The number of aromatic carboxylic acids is 1. The van der Waals surface area contributed by atoms with Crippen LogP contribution in [0.1, 0.15) is 16.8 Å². The highest BCUT2D eigenvalue weighted by molar-refractivity contribution is 5.94. The number of nitrogens with zero attached hydrogens (tertiary/aromatic N) is 1. The molecule has 1 saturated heterocycles. The van der Waals surface area contributed by atoms with Crippen LogP contribution in [0.5, 0.6) is 0 Å². The molecule has 0 aromatic heterocycles. The Morgan fingerprint density at radius 1 is 1.56 bits per heavy atom. The third-order valence-electron chi connectivity index (χ3n) is 3.05. The molecule has 0 bridgehead atoms. The smallest absolute Gasteiger partial charge is 0.337 e. The fraction of sp³-hybridized carbons (Fsp3) is 0.333. The third-order valence-corrected chi connectivity index (χ3v) is 3.05. The van der Waals surface area contributed by atoms with Gasteiger partial charge in [0, 0.05) is 25.0 Å². The van der Waals surface area contributed by atoms with Gasteiger partial charge in [-0.3, -0.25) is 4.79 Å². The maximum absolute atomic E-state index is 11.7. The molecule has 1 aliphatic heterocycles. The molecule has 6 heteroatoms. The molecule has 18 heavy (non-hydrogen) atoms. The Hall–Kier alpha value is -2.24. The molecule has 0 aliphatic carbocycles. The van der Waals surface area contributed by atoms with Crippen LogP contribution in [0.3, 0.4) is 0 Å². The van der Waals surface area contributed by atoms with Crippen molar-refractivity contribution in [3.8, 4) is 0 Å². The zero-order valence-electron chi connectivity index (χ0n) is 10.0. The Labute approximate surface area is 104 Å². The van der Waals surface area contributed by atoms with Crippen LogP contribution in [0.25, 0.3) is 0 Å². The SMILES string of the molecule is CN1CCC(Nc2ccc(C(=O)O)c(N)c2)C1=O. The number of nitrogens with two attached hydrogens (primary N) is 1. The predicted molar refractivity (Wildman–Crippen MR) is 67.5 cm³/mol. The van der Waals surface area contributed by atoms with Crippen molar-refractivity contribution in [1.29, 1.82) is 0 Å². The number of hydrogen-bond acceptors (Lipinski definition) is 4. The summed E-state index contributed by atoms with van der Waals surface area (Å²) in [6.07, 6.45) is 0.732. The van der Waals surface area contributed by atoms with Crippen LogP contribution in [0.15, 0.2) is 18.2 Å². The van der Waals surface area contributed by atoms with Crippen molar-refractivity contribution in [2.24, 2.45) is 0 Å². The molecule has 0 saturated carbocycles. The van der Waals surface area contributed by atoms with E-state index in [0.29, 0.717) is 5.69 Å². The molecule has 1 aromatic rings. The number of rotatable bonds is 3. The molecule has 1 aromatic carbocycles. The topological polar surface area (TPSA) is 95.7 Å². The van der Waals surface area contributed by atoms with E-state index in [1.54, 1.807) is 18.0 Å². The summed E-state index contributed by atoms with van der Waals surface area (Å²) in [5.41, 5.74) is 6.55. The van der Waals surface area contributed by atoms with Crippen molar-refractivity contribution in [3.05, 3.63) is 23.8 Å². The van der Waals surface area contributed by atoms with E-state index in [-0.39, 0.29) is 23.2 Å². The molecule has 1 fully saturated rings. The van der Waals surface area contributed by atoms with Gasteiger partial charge in [-0.05, 0) is 24.6 Å². The van der Waals surface area contributed by atoms with Gasteiger partial charge in [-0.25, -0.2) is 4.79 Å². The molecule has 1 heterocycles. The number of carbonyl (C=O) groups is 2. The number of likely N-dealkylation sites (N-methyl/N-ethyl adjacent to an activating group) is 1. The van der Waals surface area contributed by atoms with Gasteiger partial charge >= 0.3 is 5.97 Å². The molecule has 0 spiro atoms. The minimum atomic E-state index is -1.06. The van der Waals surface area contributed by atoms with Crippen LogP contribution in [-0.2, 0) is 4.79 Å². The van der Waals surface area contributed by atoms with Crippen LogP contribution < -0.4 is 11.1 Å². The maximum atomic E-state index is 11.7. The average molecular weight is 249 g/mol. The van der Waals surface area contributed by atoms with Crippen LogP contribution in [0, 0.1) is 0 Å². The lowest BCUT2D eigenvalue weighted by Crippen LogP contribution is -2.30. The van der Waals surface area contributed by atoms with E-state index in [1.807, 2.05) is 0 Å². The Morgan fingerprint density at radius 3 is 2.78 bits per heavy atom. The molecule has 1 amide bonds. The first kappa shape index (κ1) is 12.2. The number of nitrogens with one attached hydrogen (secondary N) is 1. The highest BCUT2D eigenvalue weighted by Crippen LogP contribution is 2.21. The van der Waals surface area contributed by atoms with Crippen molar-refractivity contribution >= 4 is 23.3 Å². The van der Waals surface area contributed by atoms with Crippen LogP contribution in [0.4, 0.5) is 11.4 Å². The minimum Gasteiger partial charge on any atom is -0.478 e. The number of benzene rings is 1. The summed E-state index contributed by atoms with van der Waals surface area (Å²) < 4.78 is 0. The van der Waals surface area contributed by atoms with Gasteiger partial charge in [0.1, 0.15) is 6.04 Å². The average Bonchev–Trinajstić information content (AvgIpc) is 2.61. The summed E-state index contributed by atoms with van der Waals surface area (Å²) in [7, 11) is 1.76. The summed E-state index contributed by atoms with van der Waals surface area (Å²) in [6.45, 7) is 0.721. The lowest BCUT2D eigenvalue weighted by molar-refractivity contribution is -0.127. The van der Waals surface area contributed by atoms with E-state index < -0.39 is 5.97 Å². The minimum absolute atomic E-state index is 0.0379. The Morgan fingerprint density at radius 2 is 2.28 bits per heavy atom. The van der Waals surface area contributed by atoms with E-state index in [0.717, 1.165) is 13.0 Å². The standard InChI is InChI=1S/C12H15N3O3/c1-15-5-4-10(11(15)16)14-7-2-3-8(12(17)18)9(13)6-7/h2-3,6,10,14H,4-5,13H2,1H3,(H,17,18). The van der Waals surface area contributed by atoms with Crippen molar-refractivity contribution in [2.45, 2.75) is 12.5 Å². The third kappa shape index (κ3) is 2.22. The molecule has 1 unspecified atom stereocenters. The number of carbonyl (C=O) groups excluding carboxylic acids is 1. The van der Waals surface area contributed by atoms with Crippen molar-refractivity contribution < 1.29 is 14.7 Å². The molecular formula is C12H15N3O3. The number of anilines is 2. The molecular weight excluding hydrogens is 234 g/mol. The van der Waals surface area contributed by atoms with Gasteiger partial charge in [0.25, 0.3) is 0 Å². The second kappa shape index (κ2) is 4.56. The molecule has 96 valence electrons. The molecule has 1 atom stereocenters. The first-order valence-corrected chi connectivity index (χ1v) is 5.63. The first-order valence-electron chi connectivity index (χ1n) is 5.63. The van der Waals surface area contributed by atoms with Crippen LogP contribution in [-0.4, -0.2) is 41.5 Å². The van der Waals surface area contributed by atoms with Crippen LogP contribution >= 0.6 is 0 Å². The largest absolute Gasteiger partial charge is 0.478 e. The predicted octanol–water partition coefficient (Wildman–Crippen LogP) is 0.610. The van der Waals surface area contributed by atoms with Crippen LogP contribution in [0.2, 0.25) is 0 Å². The number of likely N-dealkylation sites (tertiary alicyclic amines) is 1. The number of nitrogen functional groups attached to an aromatic ring is 1. The number of hydrogen-bond donors (Lipinski definition) is 3. The second-order valence-corrected chi connectivity index (χ2v) is 4.35. The quantitative estimate of drug-likeness (QED) is 0.682. The number of amides is 1. The van der Waals surface area contributed by atoms with Gasteiger partial charge in [0.2, 0.25) is 5.91 Å². The van der Waals surface area contributed by atoms with Gasteiger partial charge in [-0.2, -0.15) is 0 Å². The van der Waals surface area contributed by atoms with E-state index in [2.05, 4.69) is 5.32 Å². The summed E-state index contributed by atoms with van der Waals surface area (Å²) in [5, 5.41) is 11.9. The van der Waals surface area contributed by atoms with Gasteiger partial charge in [0.05, 0.1) is 5.56 Å². The Balaban J connectivity index is 2.14. The summed E-state index contributed by atoms with van der Waals surface area (Å²) in [6, 6.07) is 4.33. The number of carboxylic acids is 1. The van der Waals surface area contributed by atoms with Gasteiger partial charge in [-0.15, -0.1) is 0 Å². The Kier molecular flexibility index (Phi) is 3.10. The number of carboxylic acid groups (broad SMARTS) is 1. The normalized spacial score (nSPS) is 19.1. The Bertz CT molecular complexity index is 501. The van der Waals surface area contributed by atoms with E-state index >= 15 is 0 Å². The highest BCUT2D eigenvalue weighted by Gasteiger charge is 2.28. The monoisotopic (exact) mass is 249 g/mol. The van der Waals surface area contributed by atoms with Crippen molar-refractivity contribution in [1.82, 2.24) is 4.90 Å². The molecule has 1 aliphatic rings. The zero-order valence-corrected chi connectivity index (χ0v) is 10.0. The fourth-order valence-electron chi connectivity index (χ4n) is 2.00. The fourth-order valence-corrected chi connectivity index (χ4v) is 2.00. The zero-order chi connectivity index (χ0) is 13.3. The lowest BCUT2D eigenvalue weighted by atomic mass is 10.1. The summed E-state index contributed by atoms with van der Waals surface area (Å²) in [5.74, 6) is -1.02.